The van der Waals surface area contributed by atoms with E-state index in [0.29, 0.717) is 25.7 Å². The van der Waals surface area contributed by atoms with Crippen LogP contribution in [-0.4, -0.2) is 89.2 Å². The normalized spacial score (nSPS) is 19.3. The minimum Gasteiger partial charge on any atom is -0.479 e. The molecule has 0 aliphatic carbocycles. The van der Waals surface area contributed by atoms with E-state index < -0.39 is 67.3 Å². The van der Waals surface area contributed by atoms with Crippen molar-refractivity contribution in [2.45, 2.75) is 237 Å². The number of aliphatic hydroxyl groups excluding tert-OH is 2. The zero-order chi connectivity index (χ0) is 50.4. The second-order valence-electron chi connectivity index (χ2n) is 17.8. The van der Waals surface area contributed by atoms with Crippen LogP contribution in [0.4, 0.5) is 0 Å². The maximum absolute atomic E-state index is 13.1. The van der Waals surface area contributed by atoms with Gasteiger partial charge in [0.25, 0.3) is 0 Å². The number of esters is 3. The van der Waals surface area contributed by atoms with Crippen molar-refractivity contribution in [2.24, 2.45) is 0 Å². The van der Waals surface area contributed by atoms with E-state index in [2.05, 4.69) is 87.6 Å². The molecule has 0 saturated carbocycles. The van der Waals surface area contributed by atoms with Gasteiger partial charge in [-0.15, -0.1) is 0 Å². The highest BCUT2D eigenvalue weighted by Gasteiger charge is 2.50. The van der Waals surface area contributed by atoms with Crippen molar-refractivity contribution in [3.8, 4) is 0 Å². The van der Waals surface area contributed by atoms with Crippen molar-refractivity contribution in [1.29, 1.82) is 0 Å². The van der Waals surface area contributed by atoms with E-state index in [-0.39, 0.29) is 25.9 Å². The van der Waals surface area contributed by atoms with Crippen molar-refractivity contribution in [3.63, 3.8) is 0 Å². The summed E-state index contributed by atoms with van der Waals surface area (Å²) in [5, 5.41) is 31.3. The maximum atomic E-state index is 13.1. The van der Waals surface area contributed by atoms with Gasteiger partial charge >= 0.3 is 23.9 Å². The number of aliphatic carboxylic acids is 1. The average molecular weight is 969 g/mol. The molecule has 6 unspecified atom stereocenters. The second-order valence-corrected chi connectivity index (χ2v) is 17.8. The Morgan fingerprint density at radius 2 is 0.957 bits per heavy atom. The van der Waals surface area contributed by atoms with Crippen LogP contribution in [0, 0.1) is 0 Å². The Morgan fingerprint density at radius 1 is 0.493 bits per heavy atom. The third-order valence-corrected chi connectivity index (χ3v) is 11.4. The lowest BCUT2D eigenvalue weighted by atomic mass is 9.98. The van der Waals surface area contributed by atoms with Crippen LogP contribution in [0.1, 0.15) is 201 Å². The molecule has 3 N–H and O–H groups in total. The van der Waals surface area contributed by atoms with Gasteiger partial charge in [-0.3, -0.25) is 14.4 Å². The fraction of sp³-hybridized carbons (Fsp3) is 0.684. The van der Waals surface area contributed by atoms with Crippen LogP contribution >= 0.6 is 0 Å². The Labute approximate surface area is 416 Å². The number of aliphatic hydroxyl groups is 2. The number of ether oxygens (including phenoxy) is 5. The first-order valence-corrected chi connectivity index (χ1v) is 26.6. The Hall–Kier alpha value is -4.10. The molecule has 6 atom stereocenters. The van der Waals surface area contributed by atoms with Crippen LogP contribution in [0.2, 0.25) is 0 Å². The van der Waals surface area contributed by atoms with E-state index in [9.17, 15) is 34.5 Å². The monoisotopic (exact) mass is 969 g/mol. The first kappa shape index (κ1) is 62.9. The summed E-state index contributed by atoms with van der Waals surface area (Å²) in [5.74, 6) is -3.27. The third kappa shape index (κ3) is 35.6. The highest BCUT2D eigenvalue weighted by Crippen LogP contribution is 2.26. The van der Waals surface area contributed by atoms with Gasteiger partial charge in [-0.2, -0.15) is 0 Å². The summed E-state index contributed by atoms with van der Waals surface area (Å²) < 4.78 is 28.2. The number of carboxylic acid groups (broad SMARTS) is 1. The summed E-state index contributed by atoms with van der Waals surface area (Å²) in [6, 6.07) is 0. The number of carboxylic acids is 1. The van der Waals surface area contributed by atoms with Gasteiger partial charge in [-0.1, -0.05) is 170 Å². The van der Waals surface area contributed by atoms with Gasteiger partial charge in [-0.25, -0.2) is 4.79 Å². The quantitative estimate of drug-likeness (QED) is 0.0229. The molecule has 1 saturated heterocycles. The summed E-state index contributed by atoms with van der Waals surface area (Å²) in [6.07, 6.45) is 44.4. The van der Waals surface area contributed by atoms with Crippen molar-refractivity contribution >= 4 is 23.9 Å². The molecule has 69 heavy (non-hydrogen) atoms. The summed E-state index contributed by atoms with van der Waals surface area (Å²) >= 11 is 0. The molecule has 0 spiro atoms. The summed E-state index contributed by atoms with van der Waals surface area (Å²) in [5.41, 5.74) is 0. The predicted molar refractivity (Wildman–Crippen MR) is 275 cm³/mol. The van der Waals surface area contributed by atoms with Crippen molar-refractivity contribution in [1.82, 2.24) is 0 Å². The Morgan fingerprint density at radius 3 is 1.51 bits per heavy atom. The third-order valence-electron chi connectivity index (χ3n) is 11.4. The Balaban J connectivity index is 2.78. The molecule has 1 rings (SSSR count). The first-order chi connectivity index (χ1) is 33.6. The Bertz CT molecular complexity index is 1530. The van der Waals surface area contributed by atoms with Gasteiger partial charge in [0.15, 0.2) is 24.6 Å². The van der Waals surface area contributed by atoms with E-state index in [0.717, 1.165) is 103 Å². The van der Waals surface area contributed by atoms with Gasteiger partial charge in [0, 0.05) is 19.3 Å². The van der Waals surface area contributed by atoms with Crippen LogP contribution in [-0.2, 0) is 42.9 Å². The lowest BCUT2D eigenvalue weighted by Gasteiger charge is -2.40. The van der Waals surface area contributed by atoms with E-state index in [1.165, 1.54) is 32.1 Å². The molecule has 0 aromatic carbocycles. The predicted octanol–water partition coefficient (Wildman–Crippen LogP) is 12.8. The summed E-state index contributed by atoms with van der Waals surface area (Å²) in [6.45, 7) is 5.72. The highest BCUT2D eigenvalue weighted by molar-refractivity contribution is 5.74. The number of rotatable bonds is 43. The topological polar surface area (TPSA) is 175 Å². The van der Waals surface area contributed by atoms with Crippen LogP contribution < -0.4 is 0 Å². The minimum absolute atomic E-state index is 0.0659. The average Bonchev–Trinajstić information content (AvgIpc) is 3.33. The van der Waals surface area contributed by atoms with Crippen LogP contribution in [0.15, 0.2) is 85.1 Å². The lowest BCUT2D eigenvalue weighted by molar-refractivity contribution is -0.301. The largest absolute Gasteiger partial charge is 0.479 e. The van der Waals surface area contributed by atoms with Crippen LogP contribution in [0.5, 0.6) is 0 Å². The summed E-state index contributed by atoms with van der Waals surface area (Å²) in [7, 11) is 0. The molecule has 12 nitrogen and oxygen atoms in total. The molecule has 0 aromatic rings. The molecule has 1 aliphatic heterocycles. The Kier molecular flexibility index (Phi) is 41.1. The highest BCUT2D eigenvalue weighted by atomic mass is 16.7. The van der Waals surface area contributed by atoms with E-state index in [4.69, 9.17) is 23.7 Å². The van der Waals surface area contributed by atoms with E-state index >= 15 is 0 Å². The molecular formula is C57H92O12. The van der Waals surface area contributed by atoms with Gasteiger partial charge in [0.1, 0.15) is 18.8 Å². The van der Waals surface area contributed by atoms with E-state index in [1.807, 2.05) is 18.2 Å². The van der Waals surface area contributed by atoms with Gasteiger partial charge in [0.05, 0.1) is 6.61 Å². The number of carbonyl (C=O) groups excluding carboxylic acids is 3. The van der Waals surface area contributed by atoms with Crippen molar-refractivity contribution in [3.05, 3.63) is 85.1 Å². The van der Waals surface area contributed by atoms with E-state index in [1.54, 1.807) is 0 Å². The van der Waals surface area contributed by atoms with Crippen LogP contribution in [0.3, 0.4) is 0 Å². The van der Waals surface area contributed by atoms with Crippen LogP contribution in [0.25, 0.3) is 0 Å². The fourth-order valence-corrected chi connectivity index (χ4v) is 7.33. The number of carbonyl (C=O) groups is 4. The van der Waals surface area contributed by atoms with Gasteiger partial charge in [0.2, 0.25) is 0 Å². The number of hydrogen-bond acceptors (Lipinski definition) is 11. The SMILES string of the molecule is CC/C=C\C/C=C\C/C=C\C/C=C\CCC(=O)OC1C(OCC(COC(=O)CCCCCCC/C=C\C/C=C\CCCCC)OC(=O)CCCCCCC/C=C\CCCC)OC(C(=O)O)C(O)C1O. The molecule has 0 amide bonds. The first-order valence-electron chi connectivity index (χ1n) is 26.6. The van der Waals surface area contributed by atoms with Gasteiger partial charge < -0.3 is 39.0 Å². The van der Waals surface area contributed by atoms with Crippen molar-refractivity contribution < 1.29 is 58.2 Å². The molecule has 0 aromatic heterocycles. The second kappa shape index (κ2) is 45.1. The standard InChI is InChI=1S/C57H92O12/c1-4-7-10-13-16-19-22-24-25-27-29-31-34-37-40-43-49(58)65-46-48(67-50(59)44-41-38-35-32-28-21-18-15-12-9-6-3)47-66-57-55(53(62)52(61)54(69-57)56(63)64)68-51(60)45-42-39-36-33-30-26-23-20-17-14-11-8-5-2/h8,11,15-20,24-26,30,36,39,48,52-55,57,61-62H,4-7,9-10,12-14,21-23,27-29,31-35,37-38,40-47H2,1-3H3,(H,63,64)/b11-8-,18-15-,19-16-,20-17-,25-24-,30-26-,39-36-. The molecule has 0 radical (unpaired) electrons. The zero-order valence-electron chi connectivity index (χ0n) is 42.8. The molecular weight excluding hydrogens is 877 g/mol. The molecule has 1 aliphatic rings. The number of allylic oxidation sites excluding steroid dienone is 14. The minimum atomic E-state index is -1.93. The maximum Gasteiger partial charge on any atom is 0.335 e. The summed E-state index contributed by atoms with van der Waals surface area (Å²) in [4.78, 5) is 50.8. The zero-order valence-corrected chi connectivity index (χ0v) is 42.8. The number of hydrogen-bond donors (Lipinski definition) is 3. The lowest BCUT2D eigenvalue weighted by Crippen LogP contribution is -2.61. The number of unbranched alkanes of at least 4 members (excludes halogenated alkanes) is 15. The molecule has 392 valence electrons. The van der Waals surface area contributed by atoms with Gasteiger partial charge in [-0.05, 0) is 96.3 Å². The molecule has 12 heteroatoms. The molecule has 1 fully saturated rings. The van der Waals surface area contributed by atoms with Crippen molar-refractivity contribution in [2.75, 3.05) is 13.2 Å². The molecule has 0 bridgehead atoms. The smallest absolute Gasteiger partial charge is 0.335 e. The molecule has 1 heterocycles. The fourth-order valence-electron chi connectivity index (χ4n) is 7.33.